The molecule has 148 valence electrons. The van der Waals surface area contributed by atoms with E-state index in [0.717, 1.165) is 6.07 Å². The zero-order valence-corrected chi connectivity index (χ0v) is 15.6. The number of carbonyl (C=O) groups is 1. The Bertz CT molecular complexity index is 1010. The predicted octanol–water partition coefficient (Wildman–Crippen LogP) is 1.75. The zero-order valence-electron chi connectivity index (χ0n) is 14.8. The quantitative estimate of drug-likeness (QED) is 0.597. The van der Waals surface area contributed by atoms with Crippen LogP contribution in [0.2, 0.25) is 0 Å². The Balaban J connectivity index is 2.04. The van der Waals surface area contributed by atoms with E-state index in [1.807, 2.05) is 0 Å². The number of nitro benzene ring substituents is 1. The van der Waals surface area contributed by atoms with Gasteiger partial charge in [-0.3, -0.25) is 14.9 Å². The van der Waals surface area contributed by atoms with E-state index in [0.29, 0.717) is 37.8 Å². The molecule has 0 unspecified atom stereocenters. The number of rotatable bonds is 5. The van der Waals surface area contributed by atoms with Crippen molar-refractivity contribution in [2.24, 2.45) is 0 Å². The van der Waals surface area contributed by atoms with Gasteiger partial charge in [-0.25, -0.2) is 12.8 Å². The molecule has 1 amide bonds. The maximum Gasteiger partial charge on any atom is 0.285 e. The standard InChI is InChI=1S/C18H18FN3O5S/c19-15-11-16(22(24)25)14(18(23)21-8-6-20-7-9-21)10-17(15)28(26,27)12-13-4-2-1-3-5-13/h1-5,10-11,20H,6-9,12H2. The van der Waals surface area contributed by atoms with Gasteiger partial charge in [0.15, 0.2) is 9.84 Å². The first-order chi connectivity index (χ1) is 13.3. The van der Waals surface area contributed by atoms with E-state index in [4.69, 9.17) is 0 Å². The summed E-state index contributed by atoms with van der Waals surface area (Å²) in [6.45, 7) is 1.67. The summed E-state index contributed by atoms with van der Waals surface area (Å²) in [5, 5.41) is 14.4. The lowest BCUT2D eigenvalue weighted by Gasteiger charge is -2.27. The molecule has 1 aliphatic heterocycles. The van der Waals surface area contributed by atoms with Gasteiger partial charge in [-0.1, -0.05) is 30.3 Å². The largest absolute Gasteiger partial charge is 0.336 e. The van der Waals surface area contributed by atoms with Gasteiger partial charge in [-0.05, 0) is 11.6 Å². The van der Waals surface area contributed by atoms with Crippen LogP contribution < -0.4 is 5.32 Å². The molecule has 28 heavy (non-hydrogen) atoms. The van der Waals surface area contributed by atoms with Gasteiger partial charge in [-0.2, -0.15) is 0 Å². The number of amides is 1. The fourth-order valence-corrected chi connectivity index (χ4v) is 4.45. The van der Waals surface area contributed by atoms with Gasteiger partial charge in [0.2, 0.25) is 0 Å². The van der Waals surface area contributed by atoms with E-state index in [2.05, 4.69) is 5.32 Å². The Morgan fingerprint density at radius 2 is 1.82 bits per heavy atom. The van der Waals surface area contributed by atoms with Crippen molar-refractivity contribution in [1.29, 1.82) is 0 Å². The van der Waals surface area contributed by atoms with E-state index in [1.165, 1.54) is 4.90 Å². The third kappa shape index (κ3) is 4.18. The Morgan fingerprint density at radius 1 is 1.18 bits per heavy atom. The van der Waals surface area contributed by atoms with E-state index < -0.39 is 48.4 Å². The highest BCUT2D eigenvalue weighted by Crippen LogP contribution is 2.29. The molecule has 0 bridgehead atoms. The van der Waals surface area contributed by atoms with Crippen LogP contribution in [0.3, 0.4) is 0 Å². The number of carbonyl (C=O) groups excluding carboxylic acids is 1. The van der Waals surface area contributed by atoms with Crippen LogP contribution in [-0.4, -0.2) is 50.3 Å². The van der Waals surface area contributed by atoms with Crippen molar-refractivity contribution in [1.82, 2.24) is 10.2 Å². The topological polar surface area (TPSA) is 110 Å². The summed E-state index contributed by atoms with van der Waals surface area (Å²) in [5.74, 6) is -2.42. The minimum atomic E-state index is -4.15. The zero-order chi connectivity index (χ0) is 20.3. The molecule has 1 saturated heterocycles. The third-order valence-corrected chi connectivity index (χ3v) is 6.11. The number of nitrogens with zero attached hydrogens (tertiary/aromatic N) is 2. The number of halogens is 1. The lowest BCUT2D eigenvalue weighted by Crippen LogP contribution is -2.46. The minimum Gasteiger partial charge on any atom is -0.336 e. The molecule has 0 radical (unpaired) electrons. The lowest BCUT2D eigenvalue weighted by atomic mass is 10.1. The molecular weight excluding hydrogens is 389 g/mol. The van der Waals surface area contributed by atoms with Crippen LogP contribution in [0.1, 0.15) is 15.9 Å². The van der Waals surface area contributed by atoms with Gasteiger partial charge in [0, 0.05) is 26.2 Å². The van der Waals surface area contributed by atoms with Crippen LogP contribution in [0.4, 0.5) is 10.1 Å². The van der Waals surface area contributed by atoms with Gasteiger partial charge in [0.05, 0.1) is 16.7 Å². The van der Waals surface area contributed by atoms with Crippen molar-refractivity contribution in [3.63, 3.8) is 0 Å². The Hall–Kier alpha value is -2.85. The van der Waals surface area contributed by atoms with Crippen molar-refractivity contribution >= 4 is 21.4 Å². The second-order valence-electron chi connectivity index (χ2n) is 6.34. The number of nitro groups is 1. The highest BCUT2D eigenvalue weighted by atomic mass is 32.2. The van der Waals surface area contributed by atoms with Crippen LogP contribution in [0.25, 0.3) is 0 Å². The molecule has 2 aromatic rings. The summed E-state index contributed by atoms with van der Waals surface area (Å²) in [4.78, 5) is 23.8. The molecule has 1 N–H and O–H groups in total. The van der Waals surface area contributed by atoms with Crippen molar-refractivity contribution in [2.45, 2.75) is 10.6 Å². The van der Waals surface area contributed by atoms with Gasteiger partial charge in [0.1, 0.15) is 16.3 Å². The molecule has 0 spiro atoms. The van der Waals surface area contributed by atoms with Crippen molar-refractivity contribution in [3.05, 3.63) is 69.5 Å². The summed E-state index contributed by atoms with van der Waals surface area (Å²) < 4.78 is 39.9. The Kier molecular flexibility index (Phi) is 5.71. The molecule has 1 aliphatic rings. The predicted molar refractivity (Wildman–Crippen MR) is 99.2 cm³/mol. The third-order valence-electron chi connectivity index (χ3n) is 4.42. The number of piperazine rings is 1. The molecule has 0 aliphatic carbocycles. The molecular formula is C18H18FN3O5S. The highest BCUT2D eigenvalue weighted by Gasteiger charge is 2.31. The van der Waals surface area contributed by atoms with Gasteiger partial charge in [0.25, 0.3) is 11.6 Å². The fraction of sp³-hybridized carbons (Fsp3) is 0.278. The molecule has 3 rings (SSSR count). The molecule has 10 heteroatoms. The number of hydrogen-bond donors (Lipinski definition) is 1. The number of sulfone groups is 1. The maximum absolute atomic E-state index is 14.5. The summed E-state index contributed by atoms with van der Waals surface area (Å²) >= 11 is 0. The summed E-state index contributed by atoms with van der Waals surface area (Å²) in [6, 6.07) is 9.46. The lowest BCUT2D eigenvalue weighted by molar-refractivity contribution is -0.385. The van der Waals surface area contributed by atoms with E-state index >= 15 is 0 Å². The van der Waals surface area contributed by atoms with Crippen LogP contribution in [-0.2, 0) is 15.6 Å². The van der Waals surface area contributed by atoms with Gasteiger partial charge in [-0.15, -0.1) is 0 Å². The number of benzene rings is 2. The van der Waals surface area contributed by atoms with E-state index in [-0.39, 0.29) is 0 Å². The molecule has 8 nitrogen and oxygen atoms in total. The SMILES string of the molecule is O=C(c1cc(S(=O)(=O)Cc2ccccc2)c(F)cc1[N+](=O)[O-])N1CCNCC1. The second kappa shape index (κ2) is 8.03. The monoisotopic (exact) mass is 407 g/mol. The molecule has 0 atom stereocenters. The fourth-order valence-electron chi connectivity index (χ4n) is 3.01. The normalized spacial score (nSPS) is 14.7. The first-order valence-electron chi connectivity index (χ1n) is 8.54. The highest BCUT2D eigenvalue weighted by molar-refractivity contribution is 7.90. The van der Waals surface area contributed by atoms with Crippen molar-refractivity contribution in [2.75, 3.05) is 26.2 Å². The molecule has 1 heterocycles. The average molecular weight is 407 g/mol. The van der Waals surface area contributed by atoms with E-state index in [9.17, 15) is 27.7 Å². The minimum absolute atomic E-state index is 0.319. The summed E-state index contributed by atoms with van der Waals surface area (Å²) in [5.41, 5.74) is -0.741. The number of hydrogen-bond acceptors (Lipinski definition) is 6. The average Bonchev–Trinajstić information content (AvgIpc) is 2.68. The Labute approximate surface area is 161 Å². The van der Waals surface area contributed by atoms with Crippen LogP contribution in [0.5, 0.6) is 0 Å². The Morgan fingerprint density at radius 3 is 2.43 bits per heavy atom. The van der Waals surface area contributed by atoms with Crippen LogP contribution in [0.15, 0.2) is 47.4 Å². The first kappa shape index (κ1) is 19.9. The van der Waals surface area contributed by atoms with E-state index in [1.54, 1.807) is 30.3 Å². The molecule has 0 aromatic heterocycles. The van der Waals surface area contributed by atoms with Gasteiger partial charge < -0.3 is 10.2 Å². The number of nitrogens with one attached hydrogen (secondary N) is 1. The smallest absolute Gasteiger partial charge is 0.285 e. The molecule has 0 saturated carbocycles. The first-order valence-corrected chi connectivity index (χ1v) is 10.2. The second-order valence-corrected chi connectivity index (χ2v) is 8.30. The van der Waals surface area contributed by atoms with Crippen LogP contribution >= 0.6 is 0 Å². The maximum atomic E-state index is 14.5. The summed E-state index contributed by atoms with van der Waals surface area (Å²) in [6.07, 6.45) is 0. The molecule has 2 aromatic carbocycles. The van der Waals surface area contributed by atoms with Gasteiger partial charge >= 0.3 is 0 Å². The summed E-state index contributed by atoms with van der Waals surface area (Å²) in [7, 11) is -4.15. The van der Waals surface area contributed by atoms with Crippen LogP contribution in [0, 0.1) is 15.9 Å². The van der Waals surface area contributed by atoms with Crippen molar-refractivity contribution < 1.29 is 22.5 Å². The van der Waals surface area contributed by atoms with Crippen molar-refractivity contribution in [3.8, 4) is 0 Å². The molecule has 1 fully saturated rings.